The van der Waals surface area contributed by atoms with Crippen LogP contribution in [-0.2, 0) is 6.61 Å². The predicted molar refractivity (Wildman–Crippen MR) is 126 cm³/mol. The SMILES string of the molecule is CCOc1ccc(C(=O)Nc2ccc(OC)c(OC)c2)cc1COc1ccc(Cl)c(C)c1. The molecule has 3 rings (SSSR count). The number of nitrogens with one attached hydrogen (secondary N) is 1. The molecule has 1 amide bonds. The molecule has 0 spiro atoms. The van der Waals surface area contributed by atoms with Crippen LogP contribution in [0.2, 0.25) is 5.02 Å². The molecule has 0 bridgehead atoms. The molecule has 0 aliphatic carbocycles. The van der Waals surface area contributed by atoms with Gasteiger partial charge in [-0.1, -0.05) is 11.6 Å². The smallest absolute Gasteiger partial charge is 0.255 e. The Balaban J connectivity index is 1.79. The van der Waals surface area contributed by atoms with Crippen LogP contribution in [0.5, 0.6) is 23.0 Å². The van der Waals surface area contributed by atoms with Crippen LogP contribution in [0.15, 0.2) is 54.6 Å². The molecule has 0 atom stereocenters. The molecule has 0 aromatic heterocycles. The van der Waals surface area contributed by atoms with E-state index in [1.54, 1.807) is 56.7 Å². The van der Waals surface area contributed by atoms with E-state index in [9.17, 15) is 4.79 Å². The first-order chi connectivity index (χ1) is 15.4. The molecule has 0 radical (unpaired) electrons. The maximum atomic E-state index is 12.9. The molecule has 6 nitrogen and oxygen atoms in total. The van der Waals surface area contributed by atoms with Crippen molar-refractivity contribution in [2.75, 3.05) is 26.1 Å². The first kappa shape index (κ1) is 23.3. The monoisotopic (exact) mass is 455 g/mol. The van der Waals surface area contributed by atoms with Gasteiger partial charge in [0, 0.05) is 27.9 Å². The summed E-state index contributed by atoms with van der Waals surface area (Å²) in [6.45, 7) is 4.57. The molecular weight excluding hydrogens is 430 g/mol. The minimum atomic E-state index is -0.260. The molecule has 0 aliphatic rings. The van der Waals surface area contributed by atoms with Crippen molar-refractivity contribution >= 4 is 23.2 Å². The van der Waals surface area contributed by atoms with Crippen LogP contribution in [0.3, 0.4) is 0 Å². The second-order valence-corrected chi connectivity index (χ2v) is 7.39. The lowest BCUT2D eigenvalue weighted by Crippen LogP contribution is -2.13. The second-order valence-electron chi connectivity index (χ2n) is 6.98. The number of ether oxygens (including phenoxy) is 4. The highest BCUT2D eigenvalue weighted by atomic mass is 35.5. The molecule has 3 aromatic rings. The van der Waals surface area contributed by atoms with E-state index in [1.807, 2.05) is 26.0 Å². The largest absolute Gasteiger partial charge is 0.493 e. The van der Waals surface area contributed by atoms with E-state index in [1.165, 1.54) is 0 Å². The Labute approximate surface area is 193 Å². The molecule has 32 heavy (non-hydrogen) atoms. The maximum Gasteiger partial charge on any atom is 0.255 e. The standard InChI is InChI=1S/C25H26ClNO5/c1-5-31-22-10-6-17(13-18(22)15-32-20-8-9-21(26)16(2)12-20)25(28)27-19-7-11-23(29-3)24(14-19)30-4/h6-14H,5,15H2,1-4H3,(H,27,28). The number of amides is 1. The van der Waals surface area contributed by atoms with Crippen LogP contribution >= 0.6 is 11.6 Å². The van der Waals surface area contributed by atoms with Gasteiger partial charge in [-0.25, -0.2) is 0 Å². The normalized spacial score (nSPS) is 10.4. The Morgan fingerprint density at radius 1 is 0.906 bits per heavy atom. The number of carbonyl (C=O) groups excluding carboxylic acids is 1. The number of rotatable bonds is 9. The number of carbonyl (C=O) groups is 1. The van der Waals surface area contributed by atoms with Crippen molar-refractivity contribution in [2.45, 2.75) is 20.5 Å². The highest BCUT2D eigenvalue weighted by Crippen LogP contribution is 2.30. The lowest BCUT2D eigenvalue weighted by atomic mass is 10.1. The third-order valence-corrected chi connectivity index (χ3v) is 5.21. The minimum absolute atomic E-state index is 0.244. The summed E-state index contributed by atoms with van der Waals surface area (Å²) in [6.07, 6.45) is 0. The van der Waals surface area contributed by atoms with Gasteiger partial charge >= 0.3 is 0 Å². The third-order valence-electron chi connectivity index (χ3n) is 4.79. The van der Waals surface area contributed by atoms with E-state index < -0.39 is 0 Å². The summed E-state index contributed by atoms with van der Waals surface area (Å²) in [5.41, 5.74) is 2.77. The molecule has 7 heteroatoms. The van der Waals surface area contributed by atoms with Gasteiger partial charge in [-0.05, 0) is 67.9 Å². The highest BCUT2D eigenvalue weighted by molar-refractivity contribution is 6.31. The van der Waals surface area contributed by atoms with E-state index in [0.29, 0.717) is 45.9 Å². The lowest BCUT2D eigenvalue weighted by molar-refractivity contribution is 0.102. The summed E-state index contributed by atoms with van der Waals surface area (Å²) in [5, 5.41) is 3.56. The van der Waals surface area contributed by atoms with Gasteiger partial charge in [-0.15, -0.1) is 0 Å². The van der Waals surface area contributed by atoms with Crippen molar-refractivity contribution in [1.82, 2.24) is 0 Å². The molecule has 0 saturated heterocycles. The van der Waals surface area contributed by atoms with Crippen LogP contribution in [0.25, 0.3) is 0 Å². The van der Waals surface area contributed by atoms with Crippen LogP contribution in [0.1, 0.15) is 28.4 Å². The lowest BCUT2D eigenvalue weighted by Gasteiger charge is -2.14. The average molecular weight is 456 g/mol. The number of hydrogen-bond acceptors (Lipinski definition) is 5. The predicted octanol–water partition coefficient (Wildman–Crippen LogP) is 5.90. The van der Waals surface area contributed by atoms with Crippen LogP contribution < -0.4 is 24.3 Å². The summed E-state index contributed by atoms with van der Waals surface area (Å²) in [4.78, 5) is 12.9. The maximum absolute atomic E-state index is 12.9. The molecule has 0 aliphatic heterocycles. The van der Waals surface area contributed by atoms with E-state index in [4.69, 9.17) is 30.5 Å². The molecule has 168 valence electrons. The van der Waals surface area contributed by atoms with E-state index in [0.717, 1.165) is 11.1 Å². The fraction of sp³-hybridized carbons (Fsp3) is 0.240. The Kier molecular flexibility index (Phi) is 7.84. The number of hydrogen-bond donors (Lipinski definition) is 1. The van der Waals surface area contributed by atoms with Gasteiger partial charge in [0.1, 0.15) is 18.1 Å². The Hall–Kier alpha value is -3.38. The van der Waals surface area contributed by atoms with Gasteiger partial charge in [-0.2, -0.15) is 0 Å². The van der Waals surface area contributed by atoms with Gasteiger partial charge in [-0.3, -0.25) is 4.79 Å². The summed E-state index contributed by atoms with van der Waals surface area (Å²) < 4.78 is 22.2. The van der Waals surface area contributed by atoms with Crippen LogP contribution in [0, 0.1) is 6.92 Å². The summed E-state index contributed by atoms with van der Waals surface area (Å²) in [7, 11) is 3.11. The highest BCUT2D eigenvalue weighted by Gasteiger charge is 2.13. The number of halogens is 1. The minimum Gasteiger partial charge on any atom is -0.493 e. The summed E-state index contributed by atoms with van der Waals surface area (Å²) in [5.74, 6) is 2.21. The quantitative estimate of drug-likeness (QED) is 0.435. The number of anilines is 1. The van der Waals surface area contributed by atoms with Gasteiger partial charge < -0.3 is 24.3 Å². The van der Waals surface area contributed by atoms with E-state index in [-0.39, 0.29) is 12.5 Å². The van der Waals surface area contributed by atoms with Gasteiger partial charge in [0.25, 0.3) is 5.91 Å². The zero-order valence-corrected chi connectivity index (χ0v) is 19.3. The summed E-state index contributed by atoms with van der Waals surface area (Å²) in [6, 6.07) is 15.9. The molecule has 0 saturated carbocycles. The Bertz CT molecular complexity index is 1100. The molecule has 0 fully saturated rings. The number of methoxy groups -OCH3 is 2. The zero-order valence-electron chi connectivity index (χ0n) is 18.5. The Morgan fingerprint density at radius 3 is 2.34 bits per heavy atom. The number of benzene rings is 3. The van der Waals surface area contributed by atoms with Crippen LogP contribution in [0.4, 0.5) is 5.69 Å². The topological polar surface area (TPSA) is 66.0 Å². The van der Waals surface area contributed by atoms with Gasteiger partial charge in [0.15, 0.2) is 11.5 Å². The molecular formula is C25H26ClNO5. The average Bonchev–Trinajstić information content (AvgIpc) is 2.80. The molecule has 1 N–H and O–H groups in total. The molecule has 3 aromatic carbocycles. The van der Waals surface area contributed by atoms with E-state index in [2.05, 4.69) is 5.32 Å². The van der Waals surface area contributed by atoms with Crippen molar-refractivity contribution in [3.8, 4) is 23.0 Å². The fourth-order valence-electron chi connectivity index (χ4n) is 3.12. The fourth-order valence-corrected chi connectivity index (χ4v) is 3.23. The third kappa shape index (κ3) is 5.65. The molecule has 0 heterocycles. The van der Waals surface area contributed by atoms with E-state index >= 15 is 0 Å². The first-order valence-corrected chi connectivity index (χ1v) is 10.5. The van der Waals surface area contributed by atoms with Gasteiger partial charge in [0.05, 0.1) is 20.8 Å². The Morgan fingerprint density at radius 2 is 1.66 bits per heavy atom. The van der Waals surface area contributed by atoms with Crippen molar-refractivity contribution in [3.63, 3.8) is 0 Å². The van der Waals surface area contributed by atoms with Crippen molar-refractivity contribution in [3.05, 3.63) is 76.3 Å². The van der Waals surface area contributed by atoms with Gasteiger partial charge in [0.2, 0.25) is 0 Å². The second kappa shape index (κ2) is 10.8. The van der Waals surface area contributed by atoms with Crippen molar-refractivity contribution in [2.24, 2.45) is 0 Å². The number of aryl methyl sites for hydroxylation is 1. The summed E-state index contributed by atoms with van der Waals surface area (Å²) >= 11 is 6.09. The molecule has 0 unspecified atom stereocenters. The van der Waals surface area contributed by atoms with Crippen LogP contribution in [-0.4, -0.2) is 26.7 Å². The first-order valence-electron chi connectivity index (χ1n) is 10.1. The van der Waals surface area contributed by atoms with Crippen molar-refractivity contribution in [1.29, 1.82) is 0 Å². The van der Waals surface area contributed by atoms with Crippen molar-refractivity contribution < 1.29 is 23.7 Å². The zero-order chi connectivity index (χ0) is 23.1.